The van der Waals surface area contributed by atoms with E-state index >= 15 is 0 Å². The van der Waals surface area contributed by atoms with Crippen molar-refractivity contribution in [3.8, 4) is 11.4 Å². The summed E-state index contributed by atoms with van der Waals surface area (Å²) in [6.45, 7) is 1.80. The maximum Gasteiger partial charge on any atom is 0.178 e. The number of rotatable bonds is 3. The molecule has 1 heterocycles. The van der Waals surface area contributed by atoms with Gasteiger partial charge in [-0.2, -0.15) is 0 Å². The van der Waals surface area contributed by atoms with Crippen molar-refractivity contribution in [3.63, 3.8) is 0 Å². The summed E-state index contributed by atoms with van der Waals surface area (Å²) in [4.78, 5) is 12.2. The topological polar surface area (TPSA) is 68.2 Å². The van der Waals surface area contributed by atoms with Crippen LogP contribution in [0.2, 0.25) is 5.02 Å². The number of carbonyl (C=O) groups is 1. The molecule has 0 saturated heterocycles. The Labute approximate surface area is 132 Å². The molecule has 1 aromatic heterocycles. The Bertz CT molecular complexity index is 866. The van der Waals surface area contributed by atoms with Crippen molar-refractivity contribution in [3.05, 3.63) is 58.7 Å². The lowest BCUT2D eigenvalue weighted by atomic mass is 10.1. The molecule has 0 spiro atoms. The van der Waals surface area contributed by atoms with Crippen LogP contribution in [0.5, 0.6) is 5.75 Å². The second-order valence-corrected chi connectivity index (χ2v) is 5.54. The SMILES string of the molecule is Cc1c(C(=O)CN)c2cc(O)ccc2n1-c1ccc(Cl)cc1. The van der Waals surface area contributed by atoms with E-state index in [1.807, 2.05) is 23.6 Å². The number of aromatic hydroxyl groups is 1. The molecule has 3 rings (SSSR count). The first-order chi connectivity index (χ1) is 10.5. The minimum atomic E-state index is -0.152. The molecule has 0 bridgehead atoms. The van der Waals surface area contributed by atoms with Crippen molar-refractivity contribution >= 4 is 28.3 Å². The highest BCUT2D eigenvalue weighted by Crippen LogP contribution is 2.32. The lowest BCUT2D eigenvalue weighted by Gasteiger charge is -2.09. The number of Topliss-reactive ketones (excluding diaryl/α,β-unsaturated/α-hetero) is 1. The Balaban J connectivity index is 2.37. The molecule has 0 aliphatic heterocycles. The number of nitrogens with two attached hydrogens (primary N) is 1. The number of nitrogens with zero attached hydrogens (tertiary/aromatic N) is 1. The standard InChI is InChI=1S/C17H15ClN2O2/c1-10-17(16(22)9-19)14-8-13(21)6-7-15(14)20(10)12-4-2-11(18)3-5-12/h2-8,21H,9,19H2,1H3. The van der Waals surface area contributed by atoms with Gasteiger partial charge in [-0.25, -0.2) is 0 Å². The van der Waals surface area contributed by atoms with E-state index < -0.39 is 0 Å². The molecule has 0 fully saturated rings. The molecule has 0 saturated carbocycles. The number of aromatic nitrogens is 1. The van der Waals surface area contributed by atoms with Gasteiger partial charge in [0.1, 0.15) is 5.75 Å². The third-order valence-corrected chi connectivity index (χ3v) is 3.99. The zero-order valence-electron chi connectivity index (χ0n) is 12.0. The Morgan fingerprint density at radius 1 is 1.23 bits per heavy atom. The summed E-state index contributed by atoms with van der Waals surface area (Å²) in [5.74, 6) is -0.0346. The van der Waals surface area contributed by atoms with Crippen LogP contribution in [0.3, 0.4) is 0 Å². The van der Waals surface area contributed by atoms with E-state index in [0.717, 1.165) is 16.9 Å². The van der Waals surface area contributed by atoms with E-state index in [-0.39, 0.29) is 18.1 Å². The van der Waals surface area contributed by atoms with Gasteiger partial charge in [0.25, 0.3) is 0 Å². The summed E-state index contributed by atoms with van der Waals surface area (Å²) >= 11 is 5.94. The van der Waals surface area contributed by atoms with Crippen LogP contribution in [0.25, 0.3) is 16.6 Å². The number of carbonyl (C=O) groups excluding carboxylic acids is 1. The summed E-state index contributed by atoms with van der Waals surface area (Å²) in [6, 6.07) is 12.4. The van der Waals surface area contributed by atoms with Crippen LogP contribution in [-0.4, -0.2) is 22.0 Å². The predicted molar refractivity (Wildman–Crippen MR) is 88.1 cm³/mol. The number of ketones is 1. The normalized spacial score (nSPS) is 11.0. The number of phenolic OH excluding ortho intramolecular Hbond substituents is 1. The maximum atomic E-state index is 12.2. The number of fused-ring (bicyclic) bond motifs is 1. The number of halogens is 1. The fourth-order valence-corrected chi connectivity index (χ4v) is 2.91. The number of phenols is 1. The monoisotopic (exact) mass is 314 g/mol. The van der Waals surface area contributed by atoms with Gasteiger partial charge in [0.05, 0.1) is 12.1 Å². The van der Waals surface area contributed by atoms with E-state index in [9.17, 15) is 9.90 Å². The largest absolute Gasteiger partial charge is 0.508 e. The third kappa shape index (κ3) is 2.26. The average Bonchev–Trinajstić information content (AvgIpc) is 2.79. The Hall–Kier alpha value is -2.30. The van der Waals surface area contributed by atoms with Gasteiger partial charge in [-0.1, -0.05) is 11.6 Å². The van der Waals surface area contributed by atoms with Gasteiger partial charge in [-0.3, -0.25) is 4.79 Å². The molecule has 2 aromatic carbocycles. The van der Waals surface area contributed by atoms with Crippen molar-refractivity contribution < 1.29 is 9.90 Å². The number of hydrogen-bond donors (Lipinski definition) is 2. The lowest BCUT2D eigenvalue weighted by molar-refractivity contribution is 0.100. The van der Waals surface area contributed by atoms with E-state index in [1.165, 1.54) is 0 Å². The quantitative estimate of drug-likeness (QED) is 0.728. The van der Waals surface area contributed by atoms with Gasteiger partial charge >= 0.3 is 0 Å². The fraction of sp³-hybridized carbons (Fsp3) is 0.118. The zero-order valence-corrected chi connectivity index (χ0v) is 12.8. The molecule has 3 N–H and O–H groups in total. The second kappa shape index (κ2) is 5.48. The number of hydrogen-bond acceptors (Lipinski definition) is 3. The molecule has 4 nitrogen and oxygen atoms in total. The Morgan fingerprint density at radius 2 is 1.91 bits per heavy atom. The minimum Gasteiger partial charge on any atom is -0.508 e. The van der Waals surface area contributed by atoms with Crippen molar-refractivity contribution in [1.29, 1.82) is 0 Å². The first-order valence-electron chi connectivity index (χ1n) is 6.86. The van der Waals surface area contributed by atoms with Gasteiger partial charge in [0, 0.05) is 27.4 Å². The van der Waals surface area contributed by atoms with E-state index in [4.69, 9.17) is 17.3 Å². The number of benzene rings is 2. The lowest BCUT2D eigenvalue weighted by Crippen LogP contribution is -2.14. The molecule has 0 aliphatic carbocycles. The van der Waals surface area contributed by atoms with Crippen LogP contribution in [-0.2, 0) is 0 Å². The summed E-state index contributed by atoms with van der Waals surface area (Å²) in [7, 11) is 0. The van der Waals surface area contributed by atoms with Crippen LogP contribution in [0.1, 0.15) is 16.1 Å². The van der Waals surface area contributed by atoms with Crippen LogP contribution in [0.4, 0.5) is 0 Å². The first-order valence-corrected chi connectivity index (χ1v) is 7.24. The van der Waals surface area contributed by atoms with E-state index in [1.54, 1.807) is 30.3 Å². The third-order valence-electron chi connectivity index (χ3n) is 3.74. The van der Waals surface area contributed by atoms with Crippen molar-refractivity contribution in [2.24, 2.45) is 5.73 Å². The van der Waals surface area contributed by atoms with Crippen LogP contribution in [0.15, 0.2) is 42.5 Å². The van der Waals surface area contributed by atoms with Crippen molar-refractivity contribution in [2.75, 3.05) is 6.54 Å². The Morgan fingerprint density at radius 3 is 2.55 bits per heavy atom. The molecule has 5 heteroatoms. The highest BCUT2D eigenvalue weighted by atomic mass is 35.5. The summed E-state index contributed by atoms with van der Waals surface area (Å²) < 4.78 is 1.97. The van der Waals surface area contributed by atoms with Gasteiger partial charge in [-0.05, 0) is 49.4 Å². The molecule has 0 amide bonds. The smallest absolute Gasteiger partial charge is 0.178 e. The average molecular weight is 315 g/mol. The van der Waals surface area contributed by atoms with Crippen LogP contribution < -0.4 is 5.73 Å². The fourth-order valence-electron chi connectivity index (χ4n) is 2.78. The predicted octanol–water partition coefficient (Wildman–Crippen LogP) is 3.44. The Kier molecular flexibility index (Phi) is 3.64. The summed E-state index contributed by atoms with van der Waals surface area (Å²) in [5.41, 5.74) is 8.60. The van der Waals surface area contributed by atoms with Crippen LogP contribution in [0, 0.1) is 6.92 Å². The van der Waals surface area contributed by atoms with Crippen LogP contribution >= 0.6 is 11.6 Å². The molecule has 0 aliphatic rings. The van der Waals surface area contributed by atoms with Gasteiger partial charge in [0.2, 0.25) is 0 Å². The van der Waals surface area contributed by atoms with Gasteiger partial charge < -0.3 is 15.4 Å². The zero-order chi connectivity index (χ0) is 15.9. The highest BCUT2D eigenvalue weighted by Gasteiger charge is 2.20. The summed E-state index contributed by atoms with van der Waals surface area (Å²) in [6.07, 6.45) is 0. The maximum absolute atomic E-state index is 12.2. The van der Waals surface area contributed by atoms with E-state index in [0.29, 0.717) is 16.0 Å². The molecule has 0 atom stereocenters. The molecule has 22 heavy (non-hydrogen) atoms. The minimum absolute atomic E-state index is 0.0732. The second-order valence-electron chi connectivity index (χ2n) is 5.10. The molecular weight excluding hydrogens is 300 g/mol. The van der Waals surface area contributed by atoms with Gasteiger partial charge in [-0.15, -0.1) is 0 Å². The van der Waals surface area contributed by atoms with Gasteiger partial charge in [0.15, 0.2) is 5.78 Å². The first kappa shape index (κ1) is 14.6. The molecule has 112 valence electrons. The molecular formula is C17H15ClN2O2. The van der Waals surface area contributed by atoms with Crippen molar-refractivity contribution in [2.45, 2.75) is 6.92 Å². The summed E-state index contributed by atoms with van der Waals surface area (Å²) in [5, 5.41) is 11.1. The van der Waals surface area contributed by atoms with E-state index in [2.05, 4.69) is 0 Å². The molecule has 0 unspecified atom stereocenters. The van der Waals surface area contributed by atoms with Crippen molar-refractivity contribution in [1.82, 2.24) is 4.57 Å². The molecule has 0 radical (unpaired) electrons. The highest BCUT2D eigenvalue weighted by molar-refractivity contribution is 6.30. The molecule has 3 aromatic rings.